The zero-order valence-corrected chi connectivity index (χ0v) is 13.4. The minimum absolute atomic E-state index is 0.120. The Labute approximate surface area is 140 Å². The van der Waals surface area contributed by atoms with Gasteiger partial charge in [-0.25, -0.2) is 9.97 Å². The monoisotopic (exact) mass is 349 g/mol. The van der Waals surface area contributed by atoms with Crippen LogP contribution in [0.2, 0.25) is 0 Å². The predicted octanol–water partition coefficient (Wildman–Crippen LogP) is 2.63. The number of carbonyl (C=O) groups is 1. The van der Waals surface area contributed by atoms with E-state index in [0.29, 0.717) is 28.1 Å². The van der Waals surface area contributed by atoms with Crippen LogP contribution in [-0.2, 0) is 7.05 Å². The lowest BCUT2D eigenvalue weighted by Crippen LogP contribution is -2.33. The molecule has 3 rings (SSSR count). The molecule has 1 aromatic carbocycles. The number of rotatable bonds is 3. The van der Waals surface area contributed by atoms with Crippen molar-refractivity contribution in [3.8, 4) is 11.3 Å². The van der Waals surface area contributed by atoms with Crippen molar-refractivity contribution >= 4 is 16.9 Å². The summed E-state index contributed by atoms with van der Waals surface area (Å²) < 4.78 is 38.4. The number of alkyl halides is 3. The Balaban J connectivity index is 1.99. The first-order valence-corrected chi connectivity index (χ1v) is 7.36. The Kier molecular flexibility index (Phi) is 4.15. The summed E-state index contributed by atoms with van der Waals surface area (Å²) in [5.74, 6) is -0.273. The maximum atomic E-state index is 12.3. The molecule has 0 aliphatic rings. The molecule has 6 nitrogen and oxygen atoms in total. The van der Waals surface area contributed by atoms with Gasteiger partial charge in [0.15, 0.2) is 5.65 Å². The average molecular weight is 349 g/mol. The van der Waals surface area contributed by atoms with E-state index in [9.17, 15) is 18.0 Å². The van der Waals surface area contributed by atoms with Crippen LogP contribution in [0.1, 0.15) is 16.2 Å². The van der Waals surface area contributed by atoms with Crippen molar-refractivity contribution in [3.05, 3.63) is 41.9 Å². The Morgan fingerprint density at radius 1 is 1.28 bits per heavy atom. The van der Waals surface area contributed by atoms with Crippen molar-refractivity contribution in [3.63, 3.8) is 0 Å². The number of aromatic nitrogens is 4. The molecule has 0 saturated heterocycles. The van der Waals surface area contributed by atoms with Gasteiger partial charge in [-0.3, -0.25) is 9.48 Å². The molecule has 0 atom stereocenters. The fourth-order valence-electron chi connectivity index (χ4n) is 2.44. The topological polar surface area (TPSA) is 72.7 Å². The van der Waals surface area contributed by atoms with Gasteiger partial charge >= 0.3 is 6.18 Å². The van der Waals surface area contributed by atoms with E-state index in [0.717, 1.165) is 0 Å². The molecular weight excluding hydrogens is 335 g/mol. The number of nitrogens with one attached hydrogen (secondary N) is 1. The van der Waals surface area contributed by atoms with Crippen LogP contribution in [0.4, 0.5) is 13.2 Å². The lowest BCUT2D eigenvalue weighted by atomic mass is 10.1. The summed E-state index contributed by atoms with van der Waals surface area (Å²) in [5, 5.41) is 6.70. The van der Waals surface area contributed by atoms with Crippen LogP contribution in [0, 0.1) is 6.92 Å². The summed E-state index contributed by atoms with van der Waals surface area (Å²) in [7, 11) is 1.75. The first-order valence-electron chi connectivity index (χ1n) is 7.36. The van der Waals surface area contributed by atoms with Gasteiger partial charge in [0.2, 0.25) is 0 Å². The van der Waals surface area contributed by atoms with E-state index in [4.69, 9.17) is 0 Å². The third-order valence-electron chi connectivity index (χ3n) is 3.55. The third kappa shape index (κ3) is 3.59. The van der Waals surface area contributed by atoms with Crippen molar-refractivity contribution in [2.75, 3.05) is 6.54 Å². The summed E-state index contributed by atoms with van der Waals surface area (Å²) >= 11 is 0. The summed E-state index contributed by atoms with van der Waals surface area (Å²) in [6, 6.07) is 6.27. The Morgan fingerprint density at radius 2 is 2.04 bits per heavy atom. The first-order chi connectivity index (χ1) is 11.7. The average Bonchev–Trinajstić information content (AvgIpc) is 2.92. The summed E-state index contributed by atoms with van der Waals surface area (Å²) in [5.41, 5.74) is 1.92. The highest BCUT2D eigenvalue weighted by atomic mass is 19.4. The number of benzene rings is 1. The van der Waals surface area contributed by atoms with E-state index in [1.165, 1.54) is 12.1 Å². The first kappa shape index (κ1) is 16.9. The molecule has 130 valence electrons. The van der Waals surface area contributed by atoms with Gasteiger partial charge in [0.1, 0.15) is 12.4 Å². The van der Waals surface area contributed by atoms with Gasteiger partial charge in [-0.1, -0.05) is 12.1 Å². The highest BCUT2D eigenvalue weighted by molar-refractivity contribution is 5.97. The zero-order valence-electron chi connectivity index (χ0n) is 13.4. The SMILES string of the molecule is Cc1nc(-c2cccc(C(=O)NCC(F)(F)F)c2)c2cnn(C)c2n1. The molecule has 2 aromatic heterocycles. The number of hydrogen-bond donors (Lipinski definition) is 1. The second kappa shape index (κ2) is 6.15. The van der Waals surface area contributed by atoms with Crippen molar-refractivity contribution in [1.82, 2.24) is 25.1 Å². The number of hydrogen-bond acceptors (Lipinski definition) is 4. The van der Waals surface area contributed by atoms with Crippen molar-refractivity contribution in [2.24, 2.45) is 7.05 Å². The number of halogens is 3. The molecule has 0 aliphatic carbocycles. The molecule has 3 aromatic rings. The number of fused-ring (bicyclic) bond motifs is 1. The fraction of sp³-hybridized carbons (Fsp3) is 0.250. The molecule has 0 aliphatic heterocycles. The lowest BCUT2D eigenvalue weighted by molar-refractivity contribution is -0.123. The maximum Gasteiger partial charge on any atom is 0.405 e. The highest BCUT2D eigenvalue weighted by Gasteiger charge is 2.28. The van der Waals surface area contributed by atoms with E-state index >= 15 is 0 Å². The molecule has 1 amide bonds. The van der Waals surface area contributed by atoms with Crippen LogP contribution in [0.15, 0.2) is 30.5 Å². The van der Waals surface area contributed by atoms with E-state index in [-0.39, 0.29) is 5.56 Å². The van der Waals surface area contributed by atoms with Crippen molar-refractivity contribution in [1.29, 1.82) is 0 Å². The Hall–Kier alpha value is -2.97. The second-order valence-electron chi connectivity index (χ2n) is 5.50. The van der Waals surface area contributed by atoms with Crippen LogP contribution in [0.25, 0.3) is 22.3 Å². The zero-order chi connectivity index (χ0) is 18.2. The summed E-state index contributed by atoms with van der Waals surface area (Å²) in [4.78, 5) is 20.7. The lowest BCUT2D eigenvalue weighted by Gasteiger charge is -2.10. The van der Waals surface area contributed by atoms with Crippen molar-refractivity contribution < 1.29 is 18.0 Å². The van der Waals surface area contributed by atoms with E-state index < -0.39 is 18.6 Å². The molecule has 9 heteroatoms. The largest absolute Gasteiger partial charge is 0.405 e. The van der Waals surface area contributed by atoms with Crippen LogP contribution >= 0.6 is 0 Å². The minimum Gasteiger partial charge on any atom is -0.343 e. The predicted molar refractivity (Wildman–Crippen MR) is 84.9 cm³/mol. The molecule has 0 saturated carbocycles. The van der Waals surface area contributed by atoms with Gasteiger partial charge in [0, 0.05) is 18.2 Å². The van der Waals surface area contributed by atoms with Gasteiger partial charge in [-0.05, 0) is 19.1 Å². The maximum absolute atomic E-state index is 12.3. The van der Waals surface area contributed by atoms with E-state index in [1.807, 2.05) is 5.32 Å². The van der Waals surface area contributed by atoms with Crippen LogP contribution in [0.3, 0.4) is 0 Å². The van der Waals surface area contributed by atoms with E-state index in [1.54, 1.807) is 37.0 Å². The Bertz CT molecular complexity index is 949. The summed E-state index contributed by atoms with van der Waals surface area (Å²) in [6.45, 7) is 0.353. The standard InChI is InChI=1S/C16H14F3N5O/c1-9-22-13(12-7-21-24(2)14(12)23-9)10-4-3-5-11(6-10)15(25)20-8-16(17,18)19/h3-7H,8H2,1-2H3,(H,20,25). The van der Waals surface area contributed by atoms with E-state index in [2.05, 4.69) is 15.1 Å². The quantitative estimate of drug-likeness (QED) is 0.789. The molecule has 0 bridgehead atoms. The smallest absolute Gasteiger partial charge is 0.343 e. The van der Waals surface area contributed by atoms with Crippen LogP contribution in [-0.4, -0.2) is 38.4 Å². The van der Waals surface area contributed by atoms with Crippen molar-refractivity contribution in [2.45, 2.75) is 13.1 Å². The molecule has 0 unspecified atom stereocenters. The number of nitrogens with zero attached hydrogens (tertiary/aromatic N) is 4. The Morgan fingerprint density at radius 3 is 2.76 bits per heavy atom. The fourth-order valence-corrected chi connectivity index (χ4v) is 2.44. The molecule has 1 N–H and O–H groups in total. The third-order valence-corrected chi connectivity index (χ3v) is 3.55. The highest BCUT2D eigenvalue weighted by Crippen LogP contribution is 2.26. The van der Waals surface area contributed by atoms with Gasteiger partial charge < -0.3 is 5.32 Å². The van der Waals surface area contributed by atoms with Gasteiger partial charge in [0.25, 0.3) is 5.91 Å². The molecule has 0 radical (unpaired) electrons. The number of carbonyl (C=O) groups excluding carboxylic acids is 1. The van der Waals surface area contributed by atoms with Crippen LogP contribution in [0.5, 0.6) is 0 Å². The molecule has 25 heavy (non-hydrogen) atoms. The minimum atomic E-state index is -4.46. The molecule has 2 heterocycles. The number of aryl methyl sites for hydroxylation is 2. The summed E-state index contributed by atoms with van der Waals surface area (Å²) in [6.07, 6.45) is -2.85. The van der Waals surface area contributed by atoms with Gasteiger partial charge in [-0.2, -0.15) is 18.3 Å². The molecule has 0 spiro atoms. The molecular formula is C16H14F3N5O. The normalized spacial score (nSPS) is 11.7. The second-order valence-corrected chi connectivity index (χ2v) is 5.50. The van der Waals surface area contributed by atoms with Gasteiger partial charge in [-0.15, -0.1) is 0 Å². The molecule has 0 fully saturated rings. The van der Waals surface area contributed by atoms with Gasteiger partial charge in [0.05, 0.1) is 17.3 Å². The number of amides is 1. The van der Waals surface area contributed by atoms with Crippen LogP contribution < -0.4 is 5.32 Å².